The van der Waals surface area contributed by atoms with Gasteiger partial charge in [0.2, 0.25) is 10.0 Å². The summed E-state index contributed by atoms with van der Waals surface area (Å²) in [5.74, 6) is 0.330. The Balaban J connectivity index is 2.19. The minimum absolute atomic E-state index is 0.330. The minimum atomic E-state index is -3.41. The summed E-state index contributed by atoms with van der Waals surface area (Å²) in [6.45, 7) is 8.87. The zero-order valence-electron chi connectivity index (χ0n) is 12.8. The molecule has 1 aromatic carbocycles. The van der Waals surface area contributed by atoms with Gasteiger partial charge in [-0.25, -0.2) is 8.42 Å². The van der Waals surface area contributed by atoms with E-state index in [1.54, 1.807) is 16.4 Å². The van der Waals surface area contributed by atoms with Gasteiger partial charge in [0.1, 0.15) is 0 Å². The van der Waals surface area contributed by atoms with E-state index in [4.69, 9.17) is 11.6 Å². The van der Waals surface area contributed by atoms with Gasteiger partial charge in [-0.3, -0.25) is 4.90 Å². The normalized spacial score (nSPS) is 18.3. The molecule has 0 saturated carbocycles. The van der Waals surface area contributed by atoms with E-state index in [1.807, 2.05) is 13.0 Å². The molecular formula is C15H23ClN2O2S. The molecule has 1 saturated heterocycles. The molecule has 1 aliphatic heterocycles. The summed E-state index contributed by atoms with van der Waals surface area (Å²) in [4.78, 5) is 2.65. The molecule has 4 nitrogen and oxygen atoms in total. The fourth-order valence-electron chi connectivity index (χ4n) is 2.56. The molecule has 0 spiro atoms. The maximum atomic E-state index is 12.7. The molecule has 0 unspecified atom stereocenters. The summed E-state index contributed by atoms with van der Waals surface area (Å²) >= 11 is 5.88. The topological polar surface area (TPSA) is 40.6 Å². The lowest BCUT2D eigenvalue weighted by Crippen LogP contribution is -2.50. The first kappa shape index (κ1) is 16.7. The molecule has 118 valence electrons. The molecule has 0 atom stereocenters. The van der Waals surface area contributed by atoms with Crippen LogP contribution in [0.5, 0.6) is 0 Å². The molecule has 0 amide bonds. The van der Waals surface area contributed by atoms with Crippen LogP contribution in [0.2, 0.25) is 0 Å². The highest BCUT2D eigenvalue weighted by Gasteiger charge is 2.29. The van der Waals surface area contributed by atoms with Crippen molar-refractivity contribution in [3.8, 4) is 0 Å². The summed E-state index contributed by atoms with van der Waals surface area (Å²) in [5, 5.41) is 0. The van der Waals surface area contributed by atoms with Crippen molar-refractivity contribution < 1.29 is 8.42 Å². The van der Waals surface area contributed by atoms with Gasteiger partial charge < -0.3 is 0 Å². The first-order chi connectivity index (χ1) is 9.86. The molecule has 0 aromatic heterocycles. The van der Waals surface area contributed by atoms with E-state index in [0.717, 1.165) is 24.2 Å². The zero-order valence-corrected chi connectivity index (χ0v) is 14.4. The second kappa shape index (κ2) is 6.65. The number of sulfonamides is 1. The van der Waals surface area contributed by atoms with E-state index in [1.165, 1.54) is 0 Å². The third kappa shape index (κ3) is 3.59. The summed E-state index contributed by atoms with van der Waals surface area (Å²) in [6.07, 6.45) is 0. The Labute approximate surface area is 132 Å². The monoisotopic (exact) mass is 330 g/mol. The lowest BCUT2D eigenvalue weighted by atomic mass is 10.1. The second-order valence-corrected chi connectivity index (χ2v) is 7.96. The molecule has 0 radical (unpaired) electrons. The number of halogens is 1. The van der Waals surface area contributed by atoms with E-state index >= 15 is 0 Å². The van der Waals surface area contributed by atoms with Gasteiger partial charge in [-0.15, -0.1) is 11.6 Å². The molecule has 1 fully saturated rings. The largest absolute Gasteiger partial charge is 0.298 e. The van der Waals surface area contributed by atoms with Crippen molar-refractivity contribution in [2.24, 2.45) is 0 Å². The molecule has 6 heteroatoms. The fraction of sp³-hybridized carbons (Fsp3) is 0.600. The van der Waals surface area contributed by atoms with Crippen molar-refractivity contribution in [1.29, 1.82) is 0 Å². The highest BCUT2D eigenvalue weighted by molar-refractivity contribution is 7.89. The number of aryl methyl sites for hydroxylation is 1. The number of benzene rings is 1. The average molecular weight is 331 g/mol. The van der Waals surface area contributed by atoms with Gasteiger partial charge in [-0.05, 0) is 44.0 Å². The van der Waals surface area contributed by atoms with Crippen LogP contribution in [0, 0.1) is 6.92 Å². The molecule has 2 rings (SSSR count). The van der Waals surface area contributed by atoms with E-state index < -0.39 is 10.0 Å². The van der Waals surface area contributed by atoms with E-state index in [0.29, 0.717) is 29.9 Å². The maximum absolute atomic E-state index is 12.7. The van der Waals surface area contributed by atoms with Crippen LogP contribution in [-0.2, 0) is 15.9 Å². The van der Waals surface area contributed by atoms with Gasteiger partial charge in [0.05, 0.1) is 4.90 Å². The predicted octanol–water partition coefficient (Wildman–Crippen LogP) is 2.45. The Morgan fingerprint density at radius 2 is 1.81 bits per heavy atom. The lowest BCUT2D eigenvalue weighted by molar-refractivity contribution is 0.154. The lowest BCUT2D eigenvalue weighted by Gasteiger charge is -2.36. The van der Waals surface area contributed by atoms with Crippen LogP contribution in [0.15, 0.2) is 23.1 Å². The van der Waals surface area contributed by atoms with E-state index in [9.17, 15) is 8.42 Å². The Bertz CT molecular complexity index is 594. The van der Waals surface area contributed by atoms with Crippen LogP contribution in [0.3, 0.4) is 0 Å². The molecule has 0 aliphatic carbocycles. The Morgan fingerprint density at radius 3 is 2.33 bits per heavy atom. The quantitative estimate of drug-likeness (QED) is 0.796. The summed E-state index contributed by atoms with van der Waals surface area (Å²) < 4.78 is 27.0. The van der Waals surface area contributed by atoms with Gasteiger partial charge in [-0.1, -0.05) is 6.07 Å². The summed E-state index contributed by atoms with van der Waals surface area (Å²) in [7, 11) is -3.41. The third-order valence-electron chi connectivity index (χ3n) is 4.11. The second-order valence-electron chi connectivity index (χ2n) is 5.76. The summed E-state index contributed by atoms with van der Waals surface area (Å²) in [5.41, 5.74) is 1.90. The first-order valence-electron chi connectivity index (χ1n) is 7.26. The molecule has 1 heterocycles. The number of rotatable bonds is 4. The average Bonchev–Trinajstić information content (AvgIpc) is 2.47. The minimum Gasteiger partial charge on any atom is -0.298 e. The van der Waals surface area contributed by atoms with Gasteiger partial charge in [0.15, 0.2) is 0 Å². The molecular weight excluding hydrogens is 308 g/mol. The highest BCUT2D eigenvalue weighted by atomic mass is 35.5. The molecule has 21 heavy (non-hydrogen) atoms. The number of piperazine rings is 1. The van der Waals surface area contributed by atoms with Gasteiger partial charge in [-0.2, -0.15) is 4.31 Å². The van der Waals surface area contributed by atoms with Crippen LogP contribution in [0.1, 0.15) is 25.0 Å². The molecule has 0 bridgehead atoms. The Hall–Kier alpha value is -0.620. The van der Waals surface area contributed by atoms with Crippen LogP contribution in [0.4, 0.5) is 0 Å². The van der Waals surface area contributed by atoms with Crippen molar-refractivity contribution in [3.63, 3.8) is 0 Å². The Morgan fingerprint density at radius 1 is 1.19 bits per heavy atom. The Kier molecular flexibility index (Phi) is 5.30. The van der Waals surface area contributed by atoms with E-state index in [-0.39, 0.29) is 0 Å². The van der Waals surface area contributed by atoms with Crippen molar-refractivity contribution >= 4 is 21.6 Å². The van der Waals surface area contributed by atoms with Crippen molar-refractivity contribution in [3.05, 3.63) is 29.3 Å². The standard InChI is InChI=1S/C15H23ClN2O2S/c1-12(2)17-6-8-18(9-7-17)21(19,20)15-5-4-13(3)14(10-15)11-16/h4-5,10,12H,6-9,11H2,1-3H3. The van der Waals surface area contributed by atoms with Gasteiger partial charge >= 0.3 is 0 Å². The predicted molar refractivity (Wildman–Crippen MR) is 86.2 cm³/mol. The van der Waals surface area contributed by atoms with Crippen LogP contribution in [-0.4, -0.2) is 49.8 Å². The van der Waals surface area contributed by atoms with Gasteiger partial charge in [0, 0.05) is 38.1 Å². The summed E-state index contributed by atoms with van der Waals surface area (Å²) in [6, 6.07) is 5.66. The van der Waals surface area contributed by atoms with Crippen LogP contribution >= 0.6 is 11.6 Å². The number of nitrogens with zero attached hydrogens (tertiary/aromatic N) is 2. The first-order valence-corrected chi connectivity index (χ1v) is 9.23. The van der Waals surface area contributed by atoms with E-state index in [2.05, 4.69) is 18.7 Å². The zero-order chi connectivity index (χ0) is 15.6. The van der Waals surface area contributed by atoms with Crippen molar-refractivity contribution in [2.45, 2.75) is 37.6 Å². The SMILES string of the molecule is Cc1ccc(S(=O)(=O)N2CCN(C(C)C)CC2)cc1CCl. The smallest absolute Gasteiger partial charge is 0.243 e. The number of hydrogen-bond acceptors (Lipinski definition) is 3. The van der Waals surface area contributed by atoms with Crippen molar-refractivity contribution in [1.82, 2.24) is 9.21 Å². The molecule has 0 N–H and O–H groups in total. The van der Waals surface area contributed by atoms with Crippen LogP contribution < -0.4 is 0 Å². The fourth-order valence-corrected chi connectivity index (χ4v) is 4.32. The highest BCUT2D eigenvalue weighted by Crippen LogP contribution is 2.22. The van der Waals surface area contributed by atoms with Crippen LogP contribution in [0.25, 0.3) is 0 Å². The molecule has 1 aliphatic rings. The third-order valence-corrected chi connectivity index (χ3v) is 6.29. The van der Waals surface area contributed by atoms with Crippen molar-refractivity contribution in [2.75, 3.05) is 26.2 Å². The molecule has 1 aromatic rings. The number of alkyl halides is 1. The van der Waals surface area contributed by atoms with Gasteiger partial charge in [0.25, 0.3) is 0 Å². The number of hydrogen-bond donors (Lipinski definition) is 0. The maximum Gasteiger partial charge on any atom is 0.243 e.